The van der Waals surface area contributed by atoms with Crippen molar-refractivity contribution in [2.24, 2.45) is 0 Å². The number of nitrogens with zero attached hydrogens (tertiary/aromatic N) is 2. The minimum atomic E-state index is -0.604. The summed E-state index contributed by atoms with van der Waals surface area (Å²) < 4.78 is 8.15. The minimum absolute atomic E-state index is 0.134. The summed E-state index contributed by atoms with van der Waals surface area (Å²) in [6.07, 6.45) is 0. The summed E-state index contributed by atoms with van der Waals surface area (Å²) in [6.45, 7) is 6.42. The molecular weight excluding hydrogens is 456 g/mol. The maximum absolute atomic E-state index is 13.0. The number of imidazole rings is 1. The predicted octanol–water partition coefficient (Wildman–Crippen LogP) is 4.52. The van der Waals surface area contributed by atoms with Gasteiger partial charge in [-0.1, -0.05) is 36.4 Å². The molecule has 0 unspecified atom stereocenters. The third-order valence-electron chi connectivity index (χ3n) is 6.23. The average Bonchev–Trinajstić information content (AvgIpc) is 3.23. The molecule has 5 rings (SSSR count). The molecule has 0 fully saturated rings. The van der Waals surface area contributed by atoms with Crippen LogP contribution in [0.25, 0.3) is 33.3 Å². The van der Waals surface area contributed by atoms with Crippen LogP contribution in [0.2, 0.25) is 0 Å². The van der Waals surface area contributed by atoms with Gasteiger partial charge in [0.2, 0.25) is 0 Å². The van der Waals surface area contributed by atoms with Crippen LogP contribution in [0.15, 0.2) is 75.9 Å². The van der Waals surface area contributed by atoms with Crippen LogP contribution in [0.4, 0.5) is 0 Å². The molecule has 0 atom stereocenters. The number of hydrogen-bond donors (Lipinski definition) is 2. The van der Waals surface area contributed by atoms with Gasteiger partial charge in [0.05, 0.1) is 22.0 Å². The van der Waals surface area contributed by atoms with E-state index in [9.17, 15) is 14.4 Å². The van der Waals surface area contributed by atoms with Gasteiger partial charge < -0.3 is 8.98 Å². The molecule has 0 saturated carbocycles. The molecule has 0 aliphatic heterocycles. The summed E-state index contributed by atoms with van der Waals surface area (Å²) >= 11 is 0. The lowest BCUT2D eigenvalue weighted by atomic mass is 10.0. The SMILES string of the molecule is CCn1c(C)nc2cc(C(=O)NNC(=O)c3cccc4c(=O)c(C)c(-c5ccccc5)oc34)ccc21. The van der Waals surface area contributed by atoms with Crippen LogP contribution >= 0.6 is 0 Å². The van der Waals surface area contributed by atoms with Crippen molar-refractivity contribution in [2.75, 3.05) is 0 Å². The molecule has 0 aliphatic rings. The molecule has 0 aliphatic carbocycles. The molecule has 5 aromatic rings. The Labute approximate surface area is 206 Å². The number of fused-ring (bicyclic) bond motifs is 2. The highest BCUT2D eigenvalue weighted by Gasteiger charge is 2.19. The fourth-order valence-electron chi connectivity index (χ4n) is 4.40. The summed E-state index contributed by atoms with van der Waals surface area (Å²) in [4.78, 5) is 43.3. The molecule has 0 saturated heterocycles. The molecule has 2 N–H and O–H groups in total. The first-order valence-corrected chi connectivity index (χ1v) is 11.6. The Kier molecular flexibility index (Phi) is 5.85. The Hall–Kier alpha value is -4.72. The summed E-state index contributed by atoms with van der Waals surface area (Å²) in [5.41, 5.74) is 8.12. The first-order valence-electron chi connectivity index (χ1n) is 11.6. The molecule has 36 heavy (non-hydrogen) atoms. The molecular formula is C28H24N4O4. The fourth-order valence-corrected chi connectivity index (χ4v) is 4.40. The van der Waals surface area contributed by atoms with Crippen LogP contribution in [0.1, 0.15) is 39.0 Å². The van der Waals surface area contributed by atoms with E-state index in [1.54, 1.807) is 37.3 Å². The quantitative estimate of drug-likeness (QED) is 0.368. The largest absolute Gasteiger partial charge is 0.455 e. The Morgan fingerprint density at radius 2 is 1.69 bits per heavy atom. The zero-order valence-electron chi connectivity index (χ0n) is 20.1. The van der Waals surface area contributed by atoms with E-state index in [2.05, 4.69) is 20.4 Å². The van der Waals surface area contributed by atoms with E-state index >= 15 is 0 Å². The zero-order valence-corrected chi connectivity index (χ0v) is 20.1. The summed E-state index contributed by atoms with van der Waals surface area (Å²) in [7, 11) is 0. The van der Waals surface area contributed by atoms with Crippen LogP contribution in [0.5, 0.6) is 0 Å². The Morgan fingerprint density at radius 3 is 2.44 bits per heavy atom. The van der Waals surface area contributed by atoms with Crippen molar-refractivity contribution in [2.45, 2.75) is 27.3 Å². The molecule has 2 amide bonds. The van der Waals surface area contributed by atoms with Gasteiger partial charge >= 0.3 is 0 Å². The number of benzene rings is 3. The van der Waals surface area contributed by atoms with Crippen LogP contribution in [0, 0.1) is 13.8 Å². The highest BCUT2D eigenvalue weighted by molar-refractivity contribution is 6.06. The number of hydrazine groups is 1. The van der Waals surface area contributed by atoms with Crippen molar-refractivity contribution >= 4 is 33.8 Å². The average molecular weight is 481 g/mol. The first kappa shape index (κ1) is 23.0. The maximum atomic E-state index is 13.0. The van der Waals surface area contributed by atoms with Crippen molar-refractivity contribution < 1.29 is 14.0 Å². The molecule has 0 spiro atoms. The van der Waals surface area contributed by atoms with Crippen LogP contribution in [-0.2, 0) is 6.54 Å². The van der Waals surface area contributed by atoms with E-state index in [-0.39, 0.29) is 16.6 Å². The Morgan fingerprint density at radius 1 is 0.944 bits per heavy atom. The van der Waals surface area contributed by atoms with Crippen molar-refractivity contribution in [3.05, 3.63) is 99.5 Å². The number of rotatable bonds is 4. The number of amides is 2. The number of aryl methyl sites for hydroxylation is 2. The van der Waals surface area contributed by atoms with Gasteiger partial charge in [0.25, 0.3) is 11.8 Å². The smallest absolute Gasteiger partial charge is 0.273 e. The fraction of sp³-hybridized carbons (Fsp3) is 0.143. The third-order valence-corrected chi connectivity index (χ3v) is 6.23. The van der Waals surface area contributed by atoms with E-state index in [1.807, 2.05) is 50.2 Å². The van der Waals surface area contributed by atoms with E-state index in [4.69, 9.17) is 4.42 Å². The number of carbonyl (C=O) groups excluding carboxylic acids is 2. The van der Waals surface area contributed by atoms with Crippen molar-refractivity contribution in [1.82, 2.24) is 20.4 Å². The number of para-hydroxylation sites is 1. The van der Waals surface area contributed by atoms with E-state index < -0.39 is 11.8 Å². The predicted molar refractivity (Wildman–Crippen MR) is 138 cm³/mol. The molecule has 3 aromatic carbocycles. The lowest BCUT2D eigenvalue weighted by molar-refractivity contribution is 0.0847. The van der Waals surface area contributed by atoms with Crippen molar-refractivity contribution in [3.63, 3.8) is 0 Å². The number of nitrogens with one attached hydrogen (secondary N) is 2. The highest BCUT2D eigenvalue weighted by atomic mass is 16.3. The zero-order chi connectivity index (χ0) is 25.4. The number of aromatic nitrogens is 2. The van der Waals surface area contributed by atoms with Gasteiger partial charge in [-0.3, -0.25) is 25.2 Å². The van der Waals surface area contributed by atoms with Gasteiger partial charge in [-0.25, -0.2) is 4.98 Å². The monoisotopic (exact) mass is 480 g/mol. The van der Waals surface area contributed by atoms with Crippen molar-refractivity contribution in [3.8, 4) is 11.3 Å². The number of carbonyl (C=O) groups is 2. The van der Waals surface area contributed by atoms with E-state index in [1.165, 1.54) is 0 Å². The molecule has 0 bridgehead atoms. The Bertz CT molecular complexity index is 1700. The maximum Gasteiger partial charge on any atom is 0.273 e. The Balaban J connectivity index is 1.43. The van der Waals surface area contributed by atoms with Crippen molar-refractivity contribution in [1.29, 1.82) is 0 Å². The highest BCUT2D eigenvalue weighted by Crippen LogP contribution is 2.27. The van der Waals surface area contributed by atoms with Crippen LogP contribution < -0.4 is 16.3 Å². The van der Waals surface area contributed by atoms with Gasteiger partial charge in [-0.05, 0) is 51.1 Å². The molecule has 0 radical (unpaired) electrons. The van der Waals surface area contributed by atoms with E-state index in [0.29, 0.717) is 27.8 Å². The molecule has 2 aromatic heterocycles. The molecule has 8 heteroatoms. The van der Waals surface area contributed by atoms with Crippen LogP contribution in [-0.4, -0.2) is 21.4 Å². The lowest BCUT2D eigenvalue weighted by Gasteiger charge is -2.11. The summed E-state index contributed by atoms with van der Waals surface area (Å²) in [5, 5.41) is 0.290. The second-order valence-electron chi connectivity index (χ2n) is 8.45. The topological polar surface area (TPSA) is 106 Å². The van der Waals surface area contributed by atoms with Gasteiger partial charge in [0.15, 0.2) is 11.0 Å². The van der Waals surface area contributed by atoms with Gasteiger partial charge in [-0.15, -0.1) is 0 Å². The van der Waals surface area contributed by atoms with Crippen LogP contribution in [0.3, 0.4) is 0 Å². The summed E-state index contributed by atoms with van der Waals surface area (Å²) in [6, 6.07) is 19.2. The summed E-state index contributed by atoms with van der Waals surface area (Å²) in [5.74, 6) is 0.164. The third kappa shape index (κ3) is 3.92. The first-order chi connectivity index (χ1) is 17.4. The molecule has 8 nitrogen and oxygen atoms in total. The van der Waals surface area contributed by atoms with E-state index in [0.717, 1.165) is 23.4 Å². The van der Waals surface area contributed by atoms with Gasteiger partial charge in [0.1, 0.15) is 11.6 Å². The molecule has 2 heterocycles. The van der Waals surface area contributed by atoms with Gasteiger partial charge in [-0.2, -0.15) is 0 Å². The number of hydrogen-bond acceptors (Lipinski definition) is 5. The molecule has 180 valence electrons. The normalized spacial score (nSPS) is 11.1. The second kappa shape index (κ2) is 9.14. The second-order valence-corrected chi connectivity index (χ2v) is 8.45. The standard InChI is InChI=1S/C28H24N4O4/c1-4-32-17(3)29-22-15-19(13-14-23(22)32)27(34)30-31-28(35)21-12-8-11-20-24(33)16(2)25(36-26(20)21)18-9-6-5-7-10-18/h5-15H,4H2,1-3H3,(H,30,34)(H,31,35). The van der Waals surface area contributed by atoms with Gasteiger partial charge in [0, 0.05) is 23.2 Å². The lowest BCUT2D eigenvalue weighted by Crippen LogP contribution is -2.41. The minimum Gasteiger partial charge on any atom is -0.455 e.